The number of carbonyl (C=O) groups is 1. The van der Waals surface area contributed by atoms with Crippen molar-refractivity contribution < 1.29 is 9.53 Å². The second kappa shape index (κ2) is 7.69. The van der Waals surface area contributed by atoms with E-state index < -0.39 is 0 Å². The van der Waals surface area contributed by atoms with Crippen molar-refractivity contribution >= 4 is 11.8 Å². The van der Waals surface area contributed by atoms with Crippen LogP contribution in [-0.4, -0.2) is 46.9 Å². The summed E-state index contributed by atoms with van der Waals surface area (Å²) in [6, 6.07) is 13.6. The molecular formula is C17H20N4O2. The van der Waals surface area contributed by atoms with E-state index in [-0.39, 0.29) is 12.1 Å². The van der Waals surface area contributed by atoms with Crippen molar-refractivity contribution in [2.75, 3.05) is 25.0 Å². The van der Waals surface area contributed by atoms with Gasteiger partial charge >= 0.3 is 6.03 Å². The van der Waals surface area contributed by atoms with E-state index in [0.29, 0.717) is 25.5 Å². The number of aryl methyl sites for hydroxylation is 1. The summed E-state index contributed by atoms with van der Waals surface area (Å²) in [7, 11) is 0. The number of carbonyl (C=O) groups excluding carboxylic acids is 1. The minimum absolute atomic E-state index is 0.0663. The second-order valence-electron chi connectivity index (χ2n) is 5.50. The zero-order chi connectivity index (χ0) is 15.9. The normalized spacial score (nSPS) is 17.7. The number of rotatable bonds is 4. The van der Waals surface area contributed by atoms with Crippen LogP contribution in [0.1, 0.15) is 12.0 Å². The Morgan fingerprint density at radius 1 is 1.26 bits per heavy atom. The molecule has 1 aromatic heterocycles. The molecule has 120 valence electrons. The lowest BCUT2D eigenvalue weighted by atomic mass is 10.1. The number of hydrogen-bond acceptors (Lipinski definition) is 4. The maximum Gasteiger partial charge on any atom is 0.323 e. The van der Waals surface area contributed by atoms with Crippen LogP contribution in [0.2, 0.25) is 0 Å². The van der Waals surface area contributed by atoms with E-state index >= 15 is 0 Å². The summed E-state index contributed by atoms with van der Waals surface area (Å²) in [6.07, 6.45) is 3.49. The highest BCUT2D eigenvalue weighted by atomic mass is 16.5. The number of urea groups is 1. The van der Waals surface area contributed by atoms with Gasteiger partial charge in [-0.05, 0) is 30.5 Å². The van der Waals surface area contributed by atoms with Crippen molar-refractivity contribution in [2.24, 2.45) is 0 Å². The molecule has 1 N–H and O–H groups in total. The number of aromatic nitrogens is 2. The fraction of sp³-hybridized carbons (Fsp3) is 0.353. The zero-order valence-corrected chi connectivity index (χ0v) is 12.9. The molecule has 1 aromatic carbocycles. The third-order valence-corrected chi connectivity index (χ3v) is 3.83. The maximum atomic E-state index is 12.3. The van der Waals surface area contributed by atoms with Crippen LogP contribution in [0, 0.1) is 0 Å². The van der Waals surface area contributed by atoms with Crippen LogP contribution in [-0.2, 0) is 11.2 Å². The number of morpholine rings is 1. The molecule has 6 heteroatoms. The number of nitrogens with one attached hydrogen (secondary N) is 1. The van der Waals surface area contributed by atoms with Crippen LogP contribution >= 0.6 is 0 Å². The van der Waals surface area contributed by atoms with Gasteiger partial charge in [-0.3, -0.25) is 5.32 Å². The average Bonchev–Trinajstić information content (AvgIpc) is 2.62. The smallest absolute Gasteiger partial charge is 0.323 e. The van der Waals surface area contributed by atoms with Crippen LogP contribution < -0.4 is 5.32 Å². The number of ether oxygens (including phenoxy) is 1. The summed E-state index contributed by atoms with van der Waals surface area (Å²) in [4.78, 5) is 14.1. The third-order valence-electron chi connectivity index (χ3n) is 3.83. The van der Waals surface area contributed by atoms with E-state index in [1.165, 1.54) is 5.56 Å². The van der Waals surface area contributed by atoms with Crippen LogP contribution in [0.25, 0.3) is 0 Å². The van der Waals surface area contributed by atoms with Gasteiger partial charge in [0.2, 0.25) is 0 Å². The first-order chi connectivity index (χ1) is 11.3. The Hall–Kier alpha value is -2.47. The lowest BCUT2D eigenvalue weighted by molar-refractivity contribution is -0.0157. The zero-order valence-electron chi connectivity index (χ0n) is 12.9. The van der Waals surface area contributed by atoms with Gasteiger partial charge in [-0.1, -0.05) is 30.3 Å². The van der Waals surface area contributed by atoms with Crippen molar-refractivity contribution in [1.82, 2.24) is 15.1 Å². The molecule has 23 heavy (non-hydrogen) atoms. The molecule has 0 spiro atoms. The molecule has 1 aliphatic rings. The van der Waals surface area contributed by atoms with Gasteiger partial charge in [-0.15, -0.1) is 5.10 Å². The molecule has 0 radical (unpaired) electrons. The molecule has 2 amide bonds. The summed E-state index contributed by atoms with van der Waals surface area (Å²) in [5.74, 6) is 0.463. The van der Waals surface area contributed by atoms with E-state index in [0.717, 1.165) is 12.8 Å². The summed E-state index contributed by atoms with van der Waals surface area (Å²) in [5, 5.41) is 10.4. The summed E-state index contributed by atoms with van der Waals surface area (Å²) in [5.41, 5.74) is 1.29. The van der Waals surface area contributed by atoms with E-state index in [9.17, 15) is 4.79 Å². The Kier molecular flexibility index (Phi) is 5.16. The summed E-state index contributed by atoms with van der Waals surface area (Å²) < 4.78 is 5.78. The maximum absolute atomic E-state index is 12.3. The molecule has 1 fully saturated rings. The van der Waals surface area contributed by atoms with E-state index in [1.54, 1.807) is 23.2 Å². The molecule has 0 bridgehead atoms. The number of benzene rings is 1. The summed E-state index contributed by atoms with van der Waals surface area (Å²) >= 11 is 0. The lowest BCUT2D eigenvalue weighted by Gasteiger charge is -2.32. The molecule has 6 nitrogen and oxygen atoms in total. The second-order valence-corrected chi connectivity index (χ2v) is 5.50. The first-order valence-corrected chi connectivity index (χ1v) is 7.80. The molecular weight excluding hydrogens is 292 g/mol. The fourth-order valence-corrected chi connectivity index (χ4v) is 2.61. The van der Waals surface area contributed by atoms with Crippen LogP contribution in [0.15, 0.2) is 48.7 Å². The Bertz CT molecular complexity index is 621. The Labute approximate surface area is 135 Å². The molecule has 1 aliphatic heterocycles. The lowest BCUT2D eigenvalue weighted by Crippen LogP contribution is -2.47. The van der Waals surface area contributed by atoms with Gasteiger partial charge < -0.3 is 9.64 Å². The van der Waals surface area contributed by atoms with Gasteiger partial charge in [0.05, 0.1) is 12.7 Å². The van der Waals surface area contributed by atoms with Crippen molar-refractivity contribution in [3.63, 3.8) is 0 Å². The number of nitrogens with zero attached hydrogens (tertiary/aromatic N) is 3. The van der Waals surface area contributed by atoms with Crippen molar-refractivity contribution in [1.29, 1.82) is 0 Å². The fourth-order valence-electron chi connectivity index (χ4n) is 2.61. The molecule has 3 rings (SSSR count). The minimum Gasteiger partial charge on any atom is -0.375 e. The van der Waals surface area contributed by atoms with Gasteiger partial charge in [-0.25, -0.2) is 4.79 Å². The molecule has 2 heterocycles. The Balaban J connectivity index is 1.50. The largest absolute Gasteiger partial charge is 0.375 e. The average molecular weight is 312 g/mol. The van der Waals surface area contributed by atoms with Crippen LogP contribution in [0.5, 0.6) is 0 Å². The minimum atomic E-state index is -0.154. The highest BCUT2D eigenvalue weighted by Crippen LogP contribution is 2.13. The summed E-state index contributed by atoms with van der Waals surface area (Å²) in [6.45, 7) is 1.75. The van der Waals surface area contributed by atoms with Gasteiger partial charge in [0.1, 0.15) is 0 Å². The highest BCUT2D eigenvalue weighted by Gasteiger charge is 2.24. The topological polar surface area (TPSA) is 67.4 Å². The van der Waals surface area contributed by atoms with Crippen LogP contribution in [0.3, 0.4) is 0 Å². The van der Waals surface area contributed by atoms with Gasteiger partial charge in [0, 0.05) is 19.3 Å². The van der Waals surface area contributed by atoms with Crippen molar-refractivity contribution in [3.8, 4) is 0 Å². The number of anilines is 1. The third kappa shape index (κ3) is 4.50. The standard InChI is InChI=1S/C17H20N4O2/c22-17(19-16-7-4-10-18-20-16)21-11-12-23-15(13-21)9-8-14-5-2-1-3-6-14/h1-7,10,15H,8-9,11-13H2,(H,19,20,22). The van der Waals surface area contributed by atoms with Crippen molar-refractivity contribution in [3.05, 3.63) is 54.2 Å². The number of hydrogen-bond donors (Lipinski definition) is 1. The number of amides is 2. The molecule has 0 saturated carbocycles. The monoisotopic (exact) mass is 312 g/mol. The van der Waals surface area contributed by atoms with E-state index in [2.05, 4.69) is 27.6 Å². The van der Waals surface area contributed by atoms with Gasteiger partial charge in [0.25, 0.3) is 0 Å². The molecule has 1 unspecified atom stereocenters. The predicted molar refractivity (Wildman–Crippen MR) is 87.1 cm³/mol. The van der Waals surface area contributed by atoms with Gasteiger partial charge in [0.15, 0.2) is 5.82 Å². The van der Waals surface area contributed by atoms with Crippen LogP contribution in [0.4, 0.5) is 10.6 Å². The first-order valence-electron chi connectivity index (χ1n) is 7.80. The quantitative estimate of drug-likeness (QED) is 0.941. The predicted octanol–water partition coefficient (Wildman–Crippen LogP) is 2.34. The van der Waals surface area contributed by atoms with E-state index in [1.807, 2.05) is 18.2 Å². The van der Waals surface area contributed by atoms with Crippen molar-refractivity contribution in [2.45, 2.75) is 18.9 Å². The highest BCUT2D eigenvalue weighted by molar-refractivity contribution is 5.88. The molecule has 1 atom stereocenters. The van der Waals surface area contributed by atoms with E-state index in [4.69, 9.17) is 4.74 Å². The van der Waals surface area contributed by atoms with Gasteiger partial charge in [-0.2, -0.15) is 5.10 Å². The molecule has 1 saturated heterocycles. The first kappa shape index (κ1) is 15.4. The molecule has 0 aliphatic carbocycles. The Morgan fingerprint density at radius 2 is 2.13 bits per heavy atom. The SMILES string of the molecule is O=C(Nc1cccnn1)N1CCOC(CCc2ccccc2)C1. The molecule has 2 aromatic rings. The Morgan fingerprint density at radius 3 is 2.91 bits per heavy atom.